The Morgan fingerprint density at radius 3 is 1.83 bits per heavy atom. The monoisotopic (exact) mass is 254 g/mol. The molecule has 108 valence electrons. The zero-order valence-electron chi connectivity index (χ0n) is 13.1. The number of rotatable bonds is 12. The van der Waals surface area contributed by atoms with Crippen LogP contribution in [-0.4, -0.2) is 5.78 Å². The molecule has 0 spiro atoms. The molecule has 1 nitrogen and oxygen atoms in total. The first kappa shape index (κ1) is 17.7. The molecule has 0 bridgehead atoms. The number of unbranched alkanes of at least 4 members (excludes halogenated alkanes) is 2. The van der Waals surface area contributed by atoms with Gasteiger partial charge in [0.25, 0.3) is 0 Å². The first-order chi connectivity index (χ1) is 8.56. The minimum atomic E-state index is 0.340. The quantitative estimate of drug-likeness (QED) is 0.404. The lowest BCUT2D eigenvalue weighted by Gasteiger charge is -2.14. The predicted molar refractivity (Wildman–Crippen MR) is 80.9 cm³/mol. The Labute approximate surface area is 115 Å². The molecular weight excluding hydrogens is 220 g/mol. The number of hydrogen-bond acceptors (Lipinski definition) is 1. The molecule has 0 aromatic heterocycles. The van der Waals surface area contributed by atoms with Crippen molar-refractivity contribution in [3.05, 3.63) is 0 Å². The lowest BCUT2D eigenvalue weighted by atomic mass is 9.92. The Balaban J connectivity index is 3.37. The third-order valence-corrected chi connectivity index (χ3v) is 3.92. The van der Waals surface area contributed by atoms with Crippen LogP contribution in [0.25, 0.3) is 0 Å². The SMILES string of the molecule is CCCCCC(C)CCCC(C)CCCC(C)=O. The second-order valence-corrected chi connectivity index (χ2v) is 6.23. The van der Waals surface area contributed by atoms with E-state index in [4.69, 9.17) is 0 Å². The summed E-state index contributed by atoms with van der Waals surface area (Å²) < 4.78 is 0. The van der Waals surface area contributed by atoms with E-state index in [9.17, 15) is 4.79 Å². The van der Waals surface area contributed by atoms with Crippen molar-refractivity contribution >= 4 is 5.78 Å². The summed E-state index contributed by atoms with van der Waals surface area (Å²) in [5.74, 6) is 2.04. The highest BCUT2D eigenvalue weighted by atomic mass is 16.1. The fraction of sp³-hybridized carbons (Fsp3) is 0.941. The van der Waals surface area contributed by atoms with E-state index in [0.29, 0.717) is 5.78 Å². The van der Waals surface area contributed by atoms with Crippen LogP contribution in [0.15, 0.2) is 0 Å². The van der Waals surface area contributed by atoms with Crippen LogP contribution in [0.2, 0.25) is 0 Å². The largest absolute Gasteiger partial charge is 0.300 e. The van der Waals surface area contributed by atoms with Crippen LogP contribution >= 0.6 is 0 Å². The molecule has 0 aromatic rings. The van der Waals surface area contributed by atoms with Crippen LogP contribution in [-0.2, 0) is 4.79 Å². The minimum absolute atomic E-state index is 0.340. The molecule has 0 radical (unpaired) electrons. The van der Waals surface area contributed by atoms with Crippen molar-refractivity contribution in [2.45, 2.75) is 91.9 Å². The molecule has 0 saturated heterocycles. The molecule has 0 saturated carbocycles. The van der Waals surface area contributed by atoms with E-state index >= 15 is 0 Å². The zero-order chi connectivity index (χ0) is 13.8. The number of Topliss-reactive ketones (excluding diaryl/α,β-unsaturated/α-hetero) is 1. The van der Waals surface area contributed by atoms with Crippen molar-refractivity contribution in [1.82, 2.24) is 0 Å². The van der Waals surface area contributed by atoms with E-state index in [2.05, 4.69) is 20.8 Å². The summed E-state index contributed by atoms with van der Waals surface area (Å²) in [7, 11) is 0. The number of hydrogen-bond donors (Lipinski definition) is 0. The van der Waals surface area contributed by atoms with Crippen molar-refractivity contribution in [3.8, 4) is 0 Å². The second kappa shape index (κ2) is 11.7. The van der Waals surface area contributed by atoms with Crippen molar-refractivity contribution < 1.29 is 4.79 Å². The van der Waals surface area contributed by atoms with Crippen LogP contribution in [0.3, 0.4) is 0 Å². The molecular formula is C17H34O. The molecule has 2 atom stereocenters. The lowest BCUT2D eigenvalue weighted by molar-refractivity contribution is -0.117. The van der Waals surface area contributed by atoms with Gasteiger partial charge in [-0.25, -0.2) is 0 Å². The van der Waals surface area contributed by atoms with E-state index < -0.39 is 0 Å². The molecule has 0 aliphatic heterocycles. The van der Waals surface area contributed by atoms with Gasteiger partial charge in [-0.3, -0.25) is 0 Å². The summed E-state index contributed by atoms with van der Waals surface area (Å²) in [6, 6.07) is 0. The van der Waals surface area contributed by atoms with E-state index in [0.717, 1.165) is 24.7 Å². The molecule has 0 aliphatic rings. The molecule has 0 fully saturated rings. The van der Waals surface area contributed by atoms with Crippen molar-refractivity contribution in [1.29, 1.82) is 0 Å². The van der Waals surface area contributed by atoms with Gasteiger partial charge < -0.3 is 4.79 Å². The third kappa shape index (κ3) is 12.1. The number of ketones is 1. The number of carbonyl (C=O) groups is 1. The zero-order valence-corrected chi connectivity index (χ0v) is 13.1. The Morgan fingerprint density at radius 1 is 0.833 bits per heavy atom. The van der Waals surface area contributed by atoms with Crippen LogP contribution in [0.5, 0.6) is 0 Å². The van der Waals surface area contributed by atoms with Crippen LogP contribution < -0.4 is 0 Å². The normalized spacial score (nSPS) is 14.4. The van der Waals surface area contributed by atoms with Gasteiger partial charge in [0.1, 0.15) is 5.78 Å². The van der Waals surface area contributed by atoms with E-state index in [1.165, 1.54) is 51.4 Å². The lowest BCUT2D eigenvalue weighted by Crippen LogP contribution is -2.00. The second-order valence-electron chi connectivity index (χ2n) is 6.23. The van der Waals surface area contributed by atoms with Crippen LogP contribution in [0.4, 0.5) is 0 Å². The Bertz CT molecular complexity index is 198. The maximum atomic E-state index is 10.9. The third-order valence-electron chi connectivity index (χ3n) is 3.92. The molecule has 0 heterocycles. The molecule has 0 N–H and O–H groups in total. The molecule has 0 aliphatic carbocycles. The highest BCUT2D eigenvalue weighted by Gasteiger charge is 2.06. The molecule has 2 unspecified atom stereocenters. The first-order valence-corrected chi connectivity index (χ1v) is 8.05. The summed E-state index contributed by atoms with van der Waals surface area (Å²) >= 11 is 0. The fourth-order valence-corrected chi connectivity index (χ4v) is 2.55. The smallest absolute Gasteiger partial charge is 0.129 e. The van der Waals surface area contributed by atoms with Gasteiger partial charge in [-0.15, -0.1) is 0 Å². The summed E-state index contributed by atoms with van der Waals surface area (Å²) in [6.07, 6.45) is 12.7. The van der Waals surface area contributed by atoms with Crippen molar-refractivity contribution in [2.75, 3.05) is 0 Å². The van der Waals surface area contributed by atoms with Gasteiger partial charge in [0.05, 0.1) is 0 Å². The van der Waals surface area contributed by atoms with E-state index in [1.807, 2.05) is 0 Å². The molecule has 18 heavy (non-hydrogen) atoms. The molecule has 0 aromatic carbocycles. The van der Waals surface area contributed by atoms with Crippen molar-refractivity contribution in [3.63, 3.8) is 0 Å². The van der Waals surface area contributed by atoms with Crippen molar-refractivity contribution in [2.24, 2.45) is 11.8 Å². The Hall–Kier alpha value is -0.330. The Morgan fingerprint density at radius 2 is 1.33 bits per heavy atom. The molecule has 1 heteroatoms. The summed E-state index contributed by atoms with van der Waals surface area (Å²) in [5, 5.41) is 0. The standard InChI is InChI=1S/C17H34O/c1-5-6-7-10-15(2)11-8-12-16(3)13-9-14-17(4)18/h15-16H,5-14H2,1-4H3. The van der Waals surface area contributed by atoms with Gasteiger partial charge >= 0.3 is 0 Å². The summed E-state index contributed by atoms with van der Waals surface area (Å²) in [4.78, 5) is 10.9. The van der Waals surface area contributed by atoms with Gasteiger partial charge in [-0.2, -0.15) is 0 Å². The average Bonchev–Trinajstić information content (AvgIpc) is 2.29. The fourth-order valence-electron chi connectivity index (χ4n) is 2.55. The van der Waals surface area contributed by atoms with E-state index in [-0.39, 0.29) is 0 Å². The topological polar surface area (TPSA) is 17.1 Å². The minimum Gasteiger partial charge on any atom is -0.300 e. The maximum Gasteiger partial charge on any atom is 0.129 e. The molecule has 0 amide bonds. The maximum absolute atomic E-state index is 10.9. The Kier molecular flexibility index (Phi) is 11.5. The van der Waals surface area contributed by atoms with Gasteiger partial charge in [0.15, 0.2) is 0 Å². The highest BCUT2D eigenvalue weighted by molar-refractivity contribution is 5.75. The van der Waals surface area contributed by atoms with Gasteiger partial charge in [0, 0.05) is 6.42 Å². The molecule has 0 rings (SSSR count). The van der Waals surface area contributed by atoms with Gasteiger partial charge in [-0.05, 0) is 25.2 Å². The highest BCUT2D eigenvalue weighted by Crippen LogP contribution is 2.20. The average molecular weight is 254 g/mol. The van der Waals surface area contributed by atoms with E-state index in [1.54, 1.807) is 6.92 Å². The van der Waals surface area contributed by atoms with Gasteiger partial charge in [0.2, 0.25) is 0 Å². The van der Waals surface area contributed by atoms with Crippen LogP contribution in [0, 0.1) is 11.8 Å². The van der Waals surface area contributed by atoms with Gasteiger partial charge in [-0.1, -0.05) is 72.1 Å². The predicted octanol–water partition coefficient (Wildman–Crippen LogP) is 5.77. The summed E-state index contributed by atoms with van der Waals surface area (Å²) in [6.45, 7) is 8.70. The summed E-state index contributed by atoms with van der Waals surface area (Å²) in [5.41, 5.74) is 0. The number of carbonyl (C=O) groups excluding carboxylic acids is 1. The first-order valence-electron chi connectivity index (χ1n) is 8.05. The van der Waals surface area contributed by atoms with Crippen LogP contribution in [0.1, 0.15) is 91.9 Å².